The Bertz CT molecular complexity index is 678. The van der Waals surface area contributed by atoms with Crippen LogP contribution in [0, 0.1) is 0 Å². The van der Waals surface area contributed by atoms with E-state index in [1.807, 2.05) is 6.92 Å². The zero-order valence-corrected chi connectivity index (χ0v) is 27.2. The third kappa shape index (κ3) is 25.1. The summed E-state index contributed by atoms with van der Waals surface area (Å²) in [4.78, 5) is 12.4. The Hall–Kier alpha value is -1.47. The van der Waals surface area contributed by atoms with Crippen molar-refractivity contribution < 1.29 is 25.2 Å². The van der Waals surface area contributed by atoms with Crippen molar-refractivity contribution in [1.82, 2.24) is 5.32 Å². The van der Waals surface area contributed by atoms with Crippen LogP contribution in [0.5, 0.6) is 0 Å². The molecule has 1 amide bonds. The van der Waals surface area contributed by atoms with Gasteiger partial charge in [-0.15, -0.1) is 0 Å². The molecule has 0 bridgehead atoms. The maximum Gasteiger partial charge on any atom is 0.249 e. The van der Waals surface area contributed by atoms with Crippen LogP contribution < -0.4 is 5.32 Å². The van der Waals surface area contributed by atoms with E-state index in [1.54, 1.807) is 0 Å². The Kier molecular flexibility index (Phi) is 29.9. The molecule has 246 valence electrons. The topological polar surface area (TPSA) is 110 Å². The van der Waals surface area contributed by atoms with Crippen LogP contribution in [0.4, 0.5) is 0 Å². The number of carbonyl (C=O) groups is 1. The first-order valence-corrected chi connectivity index (χ1v) is 17.3. The molecule has 6 nitrogen and oxygen atoms in total. The molecule has 0 aliphatic carbocycles. The van der Waals surface area contributed by atoms with Gasteiger partial charge in [0.15, 0.2) is 0 Å². The molecule has 0 fully saturated rings. The number of carbonyl (C=O) groups excluding carboxylic acids is 1. The van der Waals surface area contributed by atoms with Crippen LogP contribution in [0.15, 0.2) is 36.5 Å². The van der Waals surface area contributed by atoms with Crippen LogP contribution >= 0.6 is 0 Å². The first-order chi connectivity index (χ1) is 20.5. The SMILES string of the molecule is C/C=C/CC/C=C/CC/C=C/CCCC(O)C(O)C(CO)NC(=O)C(O)CCCCCCCCCCCCCCCC. The minimum Gasteiger partial charge on any atom is -0.394 e. The normalized spacial score (nSPS) is 15.1. The van der Waals surface area contributed by atoms with Crippen molar-refractivity contribution in [1.29, 1.82) is 0 Å². The van der Waals surface area contributed by atoms with Crippen molar-refractivity contribution in [3.8, 4) is 0 Å². The summed E-state index contributed by atoms with van der Waals surface area (Å²) in [6.07, 6.45) is 33.2. The van der Waals surface area contributed by atoms with Gasteiger partial charge in [0.2, 0.25) is 5.91 Å². The van der Waals surface area contributed by atoms with Crippen LogP contribution in [-0.2, 0) is 4.79 Å². The van der Waals surface area contributed by atoms with E-state index in [9.17, 15) is 25.2 Å². The second kappa shape index (κ2) is 31.0. The molecule has 4 unspecified atom stereocenters. The summed E-state index contributed by atoms with van der Waals surface area (Å²) in [5.41, 5.74) is 0. The standard InChI is InChI=1S/C36H67NO5/c1-3-5-7-9-11-13-15-17-18-20-22-24-26-28-30-34(40)36(42)37-32(31-38)35(41)33(39)29-27-25-23-21-19-16-14-12-10-8-6-4-2/h4,6,12,14,21,23,32-35,38-41H,3,5,7-11,13,15-20,22,24-31H2,1-2H3,(H,37,42)/b6-4+,14-12+,23-21+. The molecule has 0 spiro atoms. The summed E-state index contributed by atoms with van der Waals surface area (Å²) < 4.78 is 0. The van der Waals surface area contributed by atoms with Crippen molar-refractivity contribution >= 4 is 5.91 Å². The van der Waals surface area contributed by atoms with Crippen molar-refractivity contribution in [3.05, 3.63) is 36.5 Å². The fourth-order valence-electron chi connectivity index (χ4n) is 5.09. The second-order valence-corrected chi connectivity index (χ2v) is 11.9. The molecule has 0 saturated heterocycles. The van der Waals surface area contributed by atoms with Gasteiger partial charge < -0.3 is 25.7 Å². The van der Waals surface area contributed by atoms with Crippen LogP contribution in [0.1, 0.15) is 155 Å². The predicted molar refractivity (Wildman–Crippen MR) is 177 cm³/mol. The highest BCUT2D eigenvalue weighted by Gasteiger charge is 2.28. The Morgan fingerprint density at radius 1 is 0.619 bits per heavy atom. The number of hydrogen-bond donors (Lipinski definition) is 5. The van der Waals surface area contributed by atoms with Crippen molar-refractivity contribution in [3.63, 3.8) is 0 Å². The molecule has 0 heterocycles. The van der Waals surface area contributed by atoms with Crippen LogP contribution in [0.3, 0.4) is 0 Å². The highest BCUT2D eigenvalue weighted by molar-refractivity contribution is 5.80. The number of nitrogens with one attached hydrogen (secondary N) is 1. The van der Waals surface area contributed by atoms with E-state index in [0.29, 0.717) is 19.3 Å². The zero-order valence-electron chi connectivity index (χ0n) is 27.2. The maximum atomic E-state index is 12.4. The molecule has 4 atom stereocenters. The fraction of sp³-hybridized carbons (Fsp3) is 0.806. The van der Waals surface area contributed by atoms with Gasteiger partial charge in [-0.05, 0) is 58.3 Å². The summed E-state index contributed by atoms with van der Waals surface area (Å²) in [5.74, 6) is -0.603. The van der Waals surface area contributed by atoms with Gasteiger partial charge in [-0.3, -0.25) is 4.79 Å². The fourth-order valence-corrected chi connectivity index (χ4v) is 5.09. The lowest BCUT2D eigenvalue weighted by molar-refractivity contribution is -0.132. The van der Waals surface area contributed by atoms with Gasteiger partial charge in [-0.25, -0.2) is 0 Å². The van der Waals surface area contributed by atoms with Gasteiger partial charge in [-0.2, -0.15) is 0 Å². The third-order valence-corrected chi connectivity index (χ3v) is 7.90. The van der Waals surface area contributed by atoms with Gasteiger partial charge >= 0.3 is 0 Å². The summed E-state index contributed by atoms with van der Waals surface area (Å²) in [5, 5.41) is 43.3. The van der Waals surface area contributed by atoms with E-state index in [2.05, 4.69) is 48.7 Å². The smallest absolute Gasteiger partial charge is 0.249 e. The van der Waals surface area contributed by atoms with Crippen LogP contribution in [-0.4, -0.2) is 57.3 Å². The molecule has 0 aromatic heterocycles. The predicted octanol–water partition coefficient (Wildman–Crippen LogP) is 7.84. The van der Waals surface area contributed by atoms with E-state index in [-0.39, 0.29) is 0 Å². The van der Waals surface area contributed by atoms with Gasteiger partial charge in [0.1, 0.15) is 12.2 Å². The molecule has 42 heavy (non-hydrogen) atoms. The largest absolute Gasteiger partial charge is 0.394 e. The van der Waals surface area contributed by atoms with E-state index in [0.717, 1.165) is 51.4 Å². The maximum absolute atomic E-state index is 12.4. The van der Waals surface area contributed by atoms with Gasteiger partial charge in [0.25, 0.3) is 0 Å². The second-order valence-electron chi connectivity index (χ2n) is 11.9. The monoisotopic (exact) mass is 594 g/mol. The van der Waals surface area contributed by atoms with Crippen molar-refractivity contribution in [2.24, 2.45) is 0 Å². The molecule has 6 heteroatoms. The number of amides is 1. The van der Waals surface area contributed by atoms with E-state index < -0.39 is 36.9 Å². The van der Waals surface area contributed by atoms with Crippen LogP contribution in [0.2, 0.25) is 0 Å². The van der Waals surface area contributed by atoms with E-state index in [4.69, 9.17) is 0 Å². The number of allylic oxidation sites excluding steroid dienone is 6. The Morgan fingerprint density at radius 2 is 1.07 bits per heavy atom. The summed E-state index contributed by atoms with van der Waals surface area (Å²) in [6, 6.07) is -1.01. The molecule has 5 N–H and O–H groups in total. The zero-order chi connectivity index (χ0) is 31.1. The first-order valence-electron chi connectivity index (χ1n) is 17.3. The van der Waals surface area contributed by atoms with E-state index >= 15 is 0 Å². The van der Waals surface area contributed by atoms with Crippen LogP contribution in [0.25, 0.3) is 0 Å². The average molecular weight is 594 g/mol. The van der Waals surface area contributed by atoms with Crippen molar-refractivity contribution in [2.45, 2.75) is 179 Å². The Morgan fingerprint density at radius 3 is 1.55 bits per heavy atom. The van der Waals surface area contributed by atoms with Gasteiger partial charge in [0.05, 0.1) is 18.8 Å². The number of unbranched alkanes of at least 4 members (excludes halogenated alkanes) is 16. The minimum atomic E-state index is -1.29. The molecule has 0 rings (SSSR count). The summed E-state index contributed by atoms with van der Waals surface area (Å²) in [6.45, 7) is 3.78. The molecule has 0 saturated carbocycles. The first kappa shape index (κ1) is 40.5. The Balaban J connectivity index is 3.91. The number of hydrogen-bond acceptors (Lipinski definition) is 5. The lowest BCUT2D eigenvalue weighted by Gasteiger charge is -2.27. The molecule has 0 aromatic rings. The third-order valence-electron chi connectivity index (χ3n) is 7.90. The van der Waals surface area contributed by atoms with Gasteiger partial charge in [-0.1, -0.05) is 133 Å². The summed E-state index contributed by atoms with van der Waals surface area (Å²) in [7, 11) is 0. The molecule has 0 aliphatic rings. The summed E-state index contributed by atoms with van der Waals surface area (Å²) >= 11 is 0. The lowest BCUT2D eigenvalue weighted by atomic mass is 10.00. The highest BCUT2D eigenvalue weighted by atomic mass is 16.3. The molecular formula is C36H67NO5. The molecule has 0 radical (unpaired) electrons. The van der Waals surface area contributed by atoms with Crippen molar-refractivity contribution in [2.75, 3.05) is 6.61 Å². The number of aliphatic hydroxyl groups excluding tert-OH is 4. The average Bonchev–Trinajstić information content (AvgIpc) is 2.99. The quantitative estimate of drug-likeness (QED) is 0.0431. The molecule has 0 aromatic carbocycles. The highest BCUT2D eigenvalue weighted by Crippen LogP contribution is 2.14. The van der Waals surface area contributed by atoms with Gasteiger partial charge in [0, 0.05) is 0 Å². The number of aliphatic hydroxyl groups is 4. The Labute approximate surface area is 258 Å². The molecule has 0 aliphatic heterocycles. The number of rotatable bonds is 30. The lowest BCUT2D eigenvalue weighted by Crippen LogP contribution is -2.53. The molecular weight excluding hydrogens is 526 g/mol. The minimum absolute atomic E-state index is 0.360. The van der Waals surface area contributed by atoms with E-state index in [1.165, 1.54) is 70.6 Å².